The minimum Gasteiger partial charge on any atom is -0.380 e. The Balaban J connectivity index is 1.71. The summed E-state index contributed by atoms with van der Waals surface area (Å²) in [6, 6.07) is 0.0309. The van der Waals surface area contributed by atoms with Crippen LogP contribution in [-0.2, 0) is 9.53 Å². The van der Waals surface area contributed by atoms with Crippen LogP contribution in [0.5, 0.6) is 0 Å². The number of piperidine rings is 1. The molecule has 2 aliphatic heterocycles. The lowest BCUT2D eigenvalue weighted by atomic mass is 9.88. The van der Waals surface area contributed by atoms with E-state index in [4.69, 9.17) is 4.74 Å². The minimum atomic E-state index is 0.0309. The number of ether oxygens (including phenoxy) is 1. The molecule has 0 saturated carbocycles. The lowest BCUT2D eigenvalue weighted by Crippen LogP contribution is -2.53. The summed E-state index contributed by atoms with van der Waals surface area (Å²) >= 11 is 0. The van der Waals surface area contributed by atoms with Crippen LogP contribution in [-0.4, -0.2) is 38.3 Å². The second-order valence-electron chi connectivity index (χ2n) is 5.02. The molecule has 0 spiro atoms. The number of hydrogen-bond donors (Lipinski definition) is 2. The molecule has 2 aliphatic rings. The first kappa shape index (κ1) is 10.9. The lowest BCUT2D eigenvalue weighted by molar-refractivity contribution is -0.129. The summed E-state index contributed by atoms with van der Waals surface area (Å²) in [5, 5.41) is 6.26. The van der Waals surface area contributed by atoms with Gasteiger partial charge in [-0.2, -0.15) is 0 Å². The van der Waals surface area contributed by atoms with Crippen LogP contribution >= 0.6 is 0 Å². The molecule has 15 heavy (non-hydrogen) atoms. The Bertz CT molecular complexity index is 233. The van der Waals surface area contributed by atoms with Crippen molar-refractivity contribution >= 4 is 5.91 Å². The maximum atomic E-state index is 11.8. The zero-order chi connectivity index (χ0) is 10.7. The van der Waals surface area contributed by atoms with E-state index in [1.54, 1.807) is 0 Å². The molecule has 4 heteroatoms. The fourth-order valence-corrected chi connectivity index (χ4v) is 2.05. The van der Waals surface area contributed by atoms with Gasteiger partial charge in [0.05, 0.1) is 19.3 Å². The quantitative estimate of drug-likeness (QED) is 0.706. The van der Waals surface area contributed by atoms with Gasteiger partial charge in [0.25, 0.3) is 0 Å². The van der Waals surface area contributed by atoms with Gasteiger partial charge in [0.2, 0.25) is 5.91 Å². The van der Waals surface area contributed by atoms with Crippen LogP contribution in [0.25, 0.3) is 0 Å². The van der Waals surface area contributed by atoms with E-state index in [0.717, 1.165) is 39.1 Å². The van der Waals surface area contributed by atoms with Gasteiger partial charge in [-0.05, 0) is 19.4 Å². The molecule has 4 nitrogen and oxygen atoms in total. The zero-order valence-electron chi connectivity index (χ0n) is 9.34. The Hall–Kier alpha value is -0.610. The lowest BCUT2D eigenvalue weighted by Gasteiger charge is -2.38. The number of carbonyl (C=O) groups is 1. The topological polar surface area (TPSA) is 50.4 Å². The van der Waals surface area contributed by atoms with Crippen LogP contribution in [0.1, 0.15) is 26.2 Å². The van der Waals surface area contributed by atoms with Crippen molar-refractivity contribution in [2.45, 2.75) is 32.2 Å². The monoisotopic (exact) mass is 212 g/mol. The van der Waals surface area contributed by atoms with E-state index in [2.05, 4.69) is 17.6 Å². The third kappa shape index (κ3) is 2.69. The van der Waals surface area contributed by atoms with Gasteiger partial charge >= 0.3 is 0 Å². The normalized spacial score (nSPS) is 29.3. The van der Waals surface area contributed by atoms with Crippen LogP contribution in [0.3, 0.4) is 0 Å². The Morgan fingerprint density at radius 3 is 2.87 bits per heavy atom. The summed E-state index contributed by atoms with van der Waals surface area (Å²) in [6.45, 7) is 5.39. The van der Waals surface area contributed by atoms with Gasteiger partial charge in [-0.3, -0.25) is 4.79 Å². The molecule has 0 aromatic heterocycles. The van der Waals surface area contributed by atoms with E-state index in [-0.39, 0.29) is 17.4 Å². The van der Waals surface area contributed by atoms with Crippen molar-refractivity contribution in [1.29, 1.82) is 0 Å². The molecular weight excluding hydrogens is 192 g/mol. The van der Waals surface area contributed by atoms with Gasteiger partial charge < -0.3 is 15.4 Å². The third-order valence-electron chi connectivity index (χ3n) is 3.22. The van der Waals surface area contributed by atoms with Gasteiger partial charge in [-0.25, -0.2) is 0 Å². The molecule has 1 amide bonds. The van der Waals surface area contributed by atoms with Crippen LogP contribution in [0, 0.1) is 5.41 Å². The van der Waals surface area contributed by atoms with Gasteiger partial charge in [0.15, 0.2) is 0 Å². The summed E-state index contributed by atoms with van der Waals surface area (Å²) in [7, 11) is 0. The SMILES string of the molecule is CC1(CNC(=O)C2CCCCN2)COC1. The fraction of sp³-hybridized carbons (Fsp3) is 0.909. The molecule has 2 rings (SSSR count). The summed E-state index contributed by atoms with van der Waals surface area (Å²) in [6.07, 6.45) is 3.32. The first-order valence-corrected chi connectivity index (χ1v) is 5.78. The number of rotatable bonds is 3. The van der Waals surface area contributed by atoms with Crippen molar-refractivity contribution < 1.29 is 9.53 Å². The molecule has 86 valence electrons. The highest BCUT2D eigenvalue weighted by molar-refractivity contribution is 5.81. The van der Waals surface area contributed by atoms with E-state index in [1.165, 1.54) is 6.42 Å². The second-order valence-corrected chi connectivity index (χ2v) is 5.02. The van der Waals surface area contributed by atoms with Crippen molar-refractivity contribution in [3.05, 3.63) is 0 Å². The van der Waals surface area contributed by atoms with Crippen LogP contribution in [0.4, 0.5) is 0 Å². The van der Waals surface area contributed by atoms with Crippen molar-refractivity contribution in [1.82, 2.24) is 10.6 Å². The van der Waals surface area contributed by atoms with E-state index in [1.807, 2.05) is 0 Å². The predicted molar refractivity (Wildman–Crippen MR) is 57.6 cm³/mol. The number of nitrogens with one attached hydrogen (secondary N) is 2. The van der Waals surface area contributed by atoms with Gasteiger partial charge in [-0.15, -0.1) is 0 Å². The van der Waals surface area contributed by atoms with Crippen molar-refractivity contribution in [2.24, 2.45) is 5.41 Å². The summed E-state index contributed by atoms with van der Waals surface area (Å²) in [4.78, 5) is 11.8. The molecule has 2 heterocycles. The van der Waals surface area contributed by atoms with Crippen LogP contribution in [0.2, 0.25) is 0 Å². The molecule has 2 fully saturated rings. The molecule has 0 aromatic rings. The van der Waals surface area contributed by atoms with Crippen LogP contribution in [0.15, 0.2) is 0 Å². The highest BCUT2D eigenvalue weighted by Gasteiger charge is 2.34. The van der Waals surface area contributed by atoms with E-state index < -0.39 is 0 Å². The molecule has 0 aliphatic carbocycles. The number of amides is 1. The molecule has 2 saturated heterocycles. The molecular formula is C11H20N2O2. The summed E-state index contributed by atoms with van der Waals surface area (Å²) in [5.74, 6) is 0.155. The smallest absolute Gasteiger partial charge is 0.237 e. The average molecular weight is 212 g/mol. The fourth-order valence-electron chi connectivity index (χ4n) is 2.05. The first-order chi connectivity index (χ1) is 7.20. The van der Waals surface area contributed by atoms with Gasteiger partial charge in [0.1, 0.15) is 0 Å². The first-order valence-electron chi connectivity index (χ1n) is 5.78. The van der Waals surface area contributed by atoms with Crippen molar-refractivity contribution in [3.8, 4) is 0 Å². The Morgan fingerprint density at radius 2 is 2.33 bits per heavy atom. The number of carbonyl (C=O) groups excluding carboxylic acids is 1. The Kier molecular flexibility index (Phi) is 3.26. The van der Waals surface area contributed by atoms with Gasteiger partial charge in [-0.1, -0.05) is 13.3 Å². The molecule has 0 bridgehead atoms. The highest BCUT2D eigenvalue weighted by Crippen LogP contribution is 2.25. The Labute approximate surface area is 90.8 Å². The zero-order valence-corrected chi connectivity index (χ0v) is 9.34. The minimum absolute atomic E-state index is 0.0309. The van der Waals surface area contributed by atoms with Crippen LogP contribution < -0.4 is 10.6 Å². The Morgan fingerprint density at radius 1 is 1.53 bits per heavy atom. The second kappa shape index (κ2) is 4.49. The molecule has 2 N–H and O–H groups in total. The van der Waals surface area contributed by atoms with Gasteiger partial charge in [0, 0.05) is 12.0 Å². The standard InChI is InChI=1S/C11H20N2O2/c1-11(7-15-8-11)6-13-10(14)9-4-2-3-5-12-9/h9,12H,2-8H2,1H3,(H,13,14). The highest BCUT2D eigenvalue weighted by atomic mass is 16.5. The van der Waals surface area contributed by atoms with E-state index in [0.29, 0.717) is 0 Å². The number of hydrogen-bond acceptors (Lipinski definition) is 3. The largest absolute Gasteiger partial charge is 0.380 e. The van der Waals surface area contributed by atoms with E-state index >= 15 is 0 Å². The predicted octanol–water partition coefficient (Wildman–Crippen LogP) is 0.281. The molecule has 0 radical (unpaired) electrons. The maximum Gasteiger partial charge on any atom is 0.237 e. The van der Waals surface area contributed by atoms with Crippen molar-refractivity contribution in [2.75, 3.05) is 26.3 Å². The van der Waals surface area contributed by atoms with E-state index in [9.17, 15) is 4.79 Å². The summed E-state index contributed by atoms with van der Waals surface area (Å²) < 4.78 is 5.15. The third-order valence-corrected chi connectivity index (χ3v) is 3.22. The maximum absolute atomic E-state index is 11.8. The molecule has 1 unspecified atom stereocenters. The van der Waals surface area contributed by atoms with Crippen molar-refractivity contribution in [3.63, 3.8) is 0 Å². The molecule has 0 aromatic carbocycles. The summed E-state index contributed by atoms with van der Waals surface area (Å²) in [5.41, 5.74) is 0.171. The average Bonchev–Trinajstić information content (AvgIpc) is 2.24. The molecule has 1 atom stereocenters.